The average molecular weight is 294 g/mol. The first-order chi connectivity index (χ1) is 8.63. The molecule has 0 aliphatic carbocycles. The van der Waals surface area contributed by atoms with Crippen LogP contribution in [0.25, 0.3) is 0 Å². The van der Waals surface area contributed by atoms with Crippen molar-refractivity contribution in [3.05, 3.63) is 28.2 Å². The number of methoxy groups -OCH3 is 1. The van der Waals surface area contributed by atoms with Crippen molar-refractivity contribution >= 4 is 28.9 Å². The summed E-state index contributed by atoms with van der Waals surface area (Å²) in [7, 11) is 1.60. The Labute approximate surface area is 117 Å². The SMILES string of the molecule is COCCOCC(O)CNc1ccc(Cl)c(Cl)c1. The van der Waals surface area contributed by atoms with E-state index in [0.29, 0.717) is 29.8 Å². The highest BCUT2D eigenvalue weighted by Crippen LogP contribution is 2.24. The van der Waals surface area contributed by atoms with Gasteiger partial charge in [0.2, 0.25) is 0 Å². The average Bonchev–Trinajstić information content (AvgIpc) is 2.36. The third-order valence-electron chi connectivity index (χ3n) is 2.20. The molecule has 18 heavy (non-hydrogen) atoms. The van der Waals surface area contributed by atoms with Crippen LogP contribution in [0.3, 0.4) is 0 Å². The van der Waals surface area contributed by atoms with Gasteiger partial charge in [-0.2, -0.15) is 0 Å². The minimum Gasteiger partial charge on any atom is -0.389 e. The van der Waals surface area contributed by atoms with Gasteiger partial charge in [0.25, 0.3) is 0 Å². The first kappa shape index (κ1) is 15.5. The topological polar surface area (TPSA) is 50.7 Å². The Morgan fingerprint density at radius 3 is 2.72 bits per heavy atom. The number of anilines is 1. The van der Waals surface area contributed by atoms with E-state index >= 15 is 0 Å². The van der Waals surface area contributed by atoms with E-state index in [1.165, 1.54) is 0 Å². The number of benzene rings is 1. The molecule has 0 radical (unpaired) electrons. The molecular formula is C12H17Cl2NO3. The summed E-state index contributed by atoms with van der Waals surface area (Å²) in [5, 5.41) is 13.7. The lowest BCUT2D eigenvalue weighted by molar-refractivity contribution is 0.0182. The molecule has 1 aromatic rings. The van der Waals surface area contributed by atoms with E-state index in [4.69, 9.17) is 32.7 Å². The molecule has 6 heteroatoms. The van der Waals surface area contributed by atoms with Crippen molar-refractivity contribution in [2.45, 2.75) is 6.10 Å². The predicted octanol–water partition coefficient (Wildman–Crippen LogP) is 2.43. The molecule has 4 nitrogen and oxygen atoms in total. The third kappa shape index (κ3) is 5.89. The van der Waals surface area contributed by atoms with E-state index in [2.05, 4.69) is 5.32 Å². The molecule has 0 fully saturated rings. The highest BCUT2D eigenvalue weighted by molar-refractivity contribution is 6.42. The predicted molar refractivity (Wildman–Crippen MR) is 73.7 cm³/mol. The van der Waals surface area contributed by atoms with Crippen LogP contribution in [0, 0.1) is 0 Å². The van der Waals surface area contributed by atoms with Crippen LogP contribution in [0.15, 0.2) is 18.2 Å². The summed E-state index contributed by atoms with van der Waals surface area (Å²) in [5.74, 6) is 0. The maximum atomic E-state index is 9.65. The highest BCUT2D eigenvalue weighted by atomic mass is 35.5. The van der Waals surface area contributed by atoms with E-state index in [1.54, 1.807) is 25.3 Å². The van der Waals surface area contributed by atoms with Crippen molar-refractivity contribution in [1.82, 2.24) is 0 Å². The Morgan fingerprint density at radius 1 is 1.28 bits per heavy atom. The van der Waals surface area contributed by atoms with Gasteiger partial charge in [0.05, 0.1) is 36.0 Å². The molecule has 0 spiro atoms. The lowest BCUT2D eigenvalue weighted by Gasteiger charge is -2.13. The third-order valence-corrected chi connectivity index (χ3v) is 2.94. The van der Waals surface area contributed by atoms with Crippen molar-refractivity contribution in [2.24, 2.45) is 0 Å². The van der Waals surface area contributed by atoms with Crippen LogP contribution < -0.4 is 5.32 Å². The molecule has 102 valence electrons. The van der Waals surface area contributed by atoms with E-state index in [9.17, 15) is 5.11 Å². The van der Waals surface area contributed by atoms with E-state index in [0.717, 1.165) is 5.69 Å². The molecule has 0 aliphatic heterocycles. The minimum absolute atomic E-state index is 0.262. The van der Waals surface area contributed by atoms with Gasteiger partial charge in [0.1, 0.15) is 0 Å². The van der Waals surface area contributed by atoms with E-state index < -0.39 is 6.10 Å². The number of nitrogens with one attached hydrogen (secondary N) is 1. The summed E-state index contributed by atoms with van der Waals surface area (Å²) in [6, 6.07) is 5.21. The van der Waals surface area contributed by atoms with Gasteiger partial charge in [-0.25, -0.2) is 0 Å². The number of hydrogen-bond donors (Lipinski definition) is 2. The molecule has 0 aliphatic rings. The number of ether oxygens (including phenoxy) is 2. The summed E-state index contributed by atoms with van der Waals surface area (Å²) in [6.45, 7) is 1.63. The maximum Gasteiger partial charge on any atom is 0.0945 e. The van der Waals surface area contributed by atoms with E-state index in [-0.39, 0.29) is 6.61 Å². The zero-order chi connectivity index (χ0) is 13.4. The molecule has 0 saturated carbocycles. The van der Waals surface area contributed by atoms with E-state index in [1.807, 2.05) is 0 Å². The lowest BCUT2D eigenvalue weighted by atomic mass is 10.3. The number of aliphatic hydroxyl groups excluding tert-OH is 1. The number of hydrogen-bond acceptors (Lipinski definition) is 4. The Bertz CT molecular complexity index is 363. The van der Waals surface area contributed by atoms with Gasteiger partial charge in [0.15, 0.2) is 0 Å². The smallest absolute Gasteiger partial charge is 0.0945 e. The standard InChI is InChI=1S/C12H17Cl2NO3/c1-17-4-5-18-8-10(16)7-15-9-2-3-11(13)12(14)6-9/h2-3,6,10,15-16H,4-5,7-8H2,1H3. The Kier molecular flexibility index (Phi) is 7.39. The molecule has 1 rings (SSSR count). The quantitative estimate of drug-likeness (QED) is 0.723. The normalized spacial score (nSPS) is 12.4. The molecule has 0 aromatic heterocycles. The second kappa shape index (κ2) is 8.56. The fourth-order valence-corrected chi connectivity index (χ4v) is 1.56. The van der Waals surface area contributed by atoms with Crippen LogP contribution in [0.2, 0.25) is 10.0 Å². The van der Waals surface area contributed by atoms with Gasteiger partial charge >= 0.3 is 0 Å². The minimum atomic E-state index is -0.587. The maximum absolute atomic E-state index is 9.65. The fourth-order valence-electron chi connectivity index (χ4n) is 1.26. The van der Waals surface area contributed by atoms with Crippen LogP contribution in [0.4, 0.5) is 5.69 Å². The van der Waals surface area contributed by atoms with Gasteiger partial charge in [-0.05, 0) is 18.2 Å². The molecule has 0 saturated heterocycles. The number of halogens is 2. The second-order valence-corrected chi connectivity index (χ2v) is 4.55. The van der Waals surface area contributed by atoms with Crippen LogP contribution in [0.1, 0.15) is 0 Å². The summed E-state index contributed by atoms with van der Waals surface area (Å²) in [6.07, 6.45) is -0.587. The molecule has 0 amide bonds. The van der Waals surface area contributed by atoms with Crippen molar-refractivity contribution in [3.8, 4) is 0 Å². The molecule has 0 bridgehead atoms. The van der Waals surface area contributed by atoms with Crippen molar-refractivity contribution < 1.29 is 14.6 Å². The Hall–Kier alpha value is -0.520. The Balaban J connectivity index is 2.24. The van der Waals surface area contributed by atoms with Crippen LogP contribution >= 0.6 is 23.2 Å². The van der Waals surface area contributed by atoms with Gasteiger partial charge in [-0.3, -0.25) is 0 Å². The van der Waals surface area contributed by atoms with Gasteiger partial charge < -0.3 is 19.9 Å². The first-order valence-corrected chi connectivity index (χ1v) is 6.32. The zero-order valence-corrected chi connectivity index (χ0v) is 11.7. The molecule has 0 heterocycles. The summed E-state index contributed by atoms with van der Waals surface area (Å²) in [5.41, 5.74) is 0.806. The lowest BCUT2D eigenvalue weighted by Crippen LogP contribution is -2.25. The molecule has 1 unspecified atom stereocenters. The van der Waals surface area contributed by atoms with Gasteiger partial charge in [-0.1, -0.05) is 23.2 Å². The first-order valence-electron chi connectivity index (χ1n) is 5.57. The molecular weight excluding hydrogens is 277 g/mol. The van der Waals surface area contributed by atoms with Crippen LogP contribution in [0.5, 0.6) is 0 Å². The number of rotatable bonds is 8. The summed E-state index contributed by atoms with van der Waals surface area (Å²) in [4.78, 5) is 0. The highest BCUT2D eigenvalue weighted by Gasteiger charge is 2.05. The largest absolute Gasteiger partial charge is 0.389 e. The molecule has 2 N–H and O–H groups in total. The number of aliphatic hydroxyl groups is 1. The fraction of sp³-hybridized carbons (Fsp3) is 0.500. The summed E-state index contributed by atoms with van der Waals surface area (Å²) >= 11 is 11.7. The van der Waals surface area contributed by atoms with Gasteiger partial charge in [-0.15, -0.1) is 0 Å². The Morgan fingerprint density at radius 2 is 2.06 bits per heavy atom. The van der Waals surface area contributed by atoms with Gasteiger partial charge in [0, 0.05) is 19.3 Å². The zero-order valence-electron chi connectivity index (χ0n) is 10.2. The van der Waals surface area contributed by atoms with Crippen molar-refractivity contribution in [1.29, 1.82) is 0 Å². The molecule has 1 atom stereocenters. The van der Waals surface area contributed by atoms with Crippen LogP contribution in [-0.4, -0.2) is 44.7 Å². The van der Waals surface area contributed by atoms with Crippen LogP contribution in [-0.2, 0) is 9.47 Å². The summed E-state index contributed by atoms with van der Waals surface area (Å²) < 4.78 is 10.0. The van der Waals surface area contributed by atoms with Crippen molar-refractivity contribution in [2.75, 3.05) is 38.8 Å². The molecule has 1 aromatic carbocycles. The van der Waals surface area contributed by atoms with Crippen molar-refractivity contribution in [3.63, 3.8) is 0 Å². The second-order valence-electron chi connectivity index (χ2n) is 3.73. The monoisotopic (exact) mass is 293 g/mol.